The summed E-state index contributed by atoms with van der Waals surface area (Å²) in [6, 6.07) is 15.2. The number of benzene rings is 2. The molecule has 0 fully saturated rings. The van der Waals surface area contributed by atoms with E-state index in [1.165, 1.54) is 12.1 Å². The molecule has 3 nitrogen and oxygen atoms in total. The van der Waals surface area contributed by atoms with Gasteiger partial charge in [-0.2, -0.15) is 13.2 Å². The van der Waals surface area contributed by atoms with Crippen LogP contribution in [0.25, 0.3) is 0 Å². The zero-order valence-corrected chi connectivity index (χ0v) is 12.2. The minimum atomic E-state index is -4.83. The lowest BCUT2D eigenvalue weighted by Crippen LogP contribution is -2.51. The van der Waals surface area contributed by atoms with Gasteiger partial charge in [-0.1, -0.05) is 60.7 Å². The number of alkyl halides is 3. The molecule has 3 N–H and O–H groups in total. The molecule has 0 aliphatic carbocycles. The molecule has 0 saturated heterocycles. The van der Waals surface area contributed by atoms with Gasteiger partial charge in [-0.15, -0.1) is 0 Å². The molecule has 3 atom stereocenters. The van der Waals surface area contributed by atoms with E-state index < -0.39 is 24.4 Å². The zero-order valence-electron chi connectivity index (χ0n) is 12.2. The first-order chi connectivity index (χ1) is 10.9. The van der Waals surface area contributed by atoms with Gasteiger partial charge in [-0.3, -0.25) is 0 Å². The minimum absolute atomic E-state index is 0.0997. The molecule has 23 heavy (non-hydrogen) atoms. The average Bonchev–Trinajstić information content (AvgIpc) is 2.55. The maximum absolute atomic E-state index is 12.9. The summed E-state index contributed by atoms with van der Waals surface area (Å²) in [5.74, 6) is 0. The minimum Gasteiger partial charge on any atom is -0.387 e. The van der Waals surface area contributed by atoms with E-state index in [2.05, 4.69) is 5.32 Å². The second-order valence-electron chi connectivity index (χ2n) is 5.23. The monoisotopic (exact) mass is 325 g/mol. The molecule has 0 heterocycles. The lowest BCUT2D eigenvalue weighted by atomic mass is 9.97. The van der Waals surface area contributed by atoms with E-state index in [1.54, 1.807) is 48.5 Å². The van der Waals surface area contributed by atoms with Crippen molar-refractivity contribution in [3.8, 4) is 0 Å². The van der Waals surface area contributed by atoms with E-state index in [4.69, 9.17) is 0 Å². The van der Waals surface area contributed by atoms with Crippen LogP contribution in [0.4, 0.5) is 13.2 Å². The Morgan fingerprint density at radius 2 is 1.39 bits per heavy atom. The van der Waals surface area contributed by atoms with E-state index in [9.17, 15) is 23.4 Å². The van der Waals surface area contributed by atoms with Gasteiger partial charge >= 0.3 is 6.18 Å². The van der Waals surface area contributed by atoms with Crippen LogP contribution in [-0.2, 0) is 6.54 Å². The summed E-state index contributed by atoms with van der Waals surface area (Å²) in [5.41, 5.74) is 1.06. The first kappa shape index (κ1) is 17.5. The standard InChI is InChI=1S/C17H18F3NO2/c18-17(19,20)16(23)14(15(22)13-9-5-2-6-10-13)21-11-12-7-3-1-4-8-12/h1-10,14-16,21-23H,11H2/t14-,15-,16+/m1/s1. The van der Waals surface area contributed by atoms with Crippen LogP contribution >= 0.6 is 0 Å². The van der Waals surface area contributed by atoms with Crippen molar-refractivity contribution in [2.75, 3.05) is 0 Å². The van der Waals surface area contributed by atoms with Gasteiger partial charge in [0.1, 0.15) is 0 Å². The molecule has 2 rings (SSSR count). The molecule has 0 bridgehead atoms. The van der Waals surface area contributed by atoms with Gasteiger partial charge in [0.2, 0.25) is 0 Å². The third-order valence-corrected chi connectivity index (χ3v) is 3.54. The molecule has 6 heteroatoms. The third-order valence-electron chi connectivity index (χ3n) is 3.54. The van der Waals surface area contributed by atoms with Crippen molar-refractivity contribution in [2.24, 2.45) is 0 Å². The normalized spacial score (nSPS) is 15.9. The fraction of sp³-hybridized carbons (Fsp3) is 0.294. The Balaban J connectivity index is 2.18. The van der Waals surface area contributed by atoms with Gasteiger partial charge in [0.05, 0.1) is 12.1 Å². The van der Waals surface area contributed by atoms with Gasteiger partial charge in [0.25, 0.3) is 0 Å². The van der Waals surface area contributed by atoms with Crippen LogP contribution < -0.4 is 5.32 Å². The fourth-order valence-electron chi connectivity index (χ4n) is 2.29. The van der Waals surface area contributed by atoms with Crippen molar-refractivity contribution >= 4 is 0 Å². The van der Waals surface area contributed by atoms with E-state index in [1.807, 2.05) is 0 Å². The first-order valence-electron chi connectivity index (χ1n) is 7.14. The largest absolute Gasteiger partial charge is 0.415 e. The number of aliphatic hydroxyl groups is 2. The molecular weight excluding hydrogens is 307 g/mol. The molecule has 0 saturated carbocycles. The summed E-state index contributed by atoms with van der Waals surface area (Å²) < 4.78 is 38.7. The van der Waals surface area contributed by atoms with Crippen molar-refractivity contribution in [3.63, 3.8) is 0 Å². The Hall–Kier alpha value is -1.89. The summed E-state index contributed by atoms with van der Waals surface area (Å²) in [4.78, 5) is 0. The van der Waals surface area contributed by atoms with Crippen LogP contribution in [0.15, 0.2) is 60.7 Å². The summed E-state index contributed by atoms with van der Waals surface area (Å²) in [6.07, 6.45) is -9.00. The van der Waals surface area contributed by atoms with Gasteiger partial charge in [-0.25, -0.2) is 0 Å². The highest BCUT2D eigenvalue weighted by Gasteiger charge is 2.46. The second kappa shape index (κ2) is 7.59. The Morgan fingerprint density at radius 3 is 1.91 bits per heavy atom. The van der Waals surface area contributed by atoms with Gasteiger partial charge in [-0.05, 0) is 11.1 Å². The highest BCUT2D eigenvalue weighted by atomic mass is 19.4. The van der Waals surface area contributed by atoms with Gasteiger partial charge in [0.15, 0.2) is 6.10 Å². The van der Waals surface area contributed by atoms with E-state index >= 15 is 0 Å². The first-order valence-corrected chi connectivity index (χ1v) is 7.14. The summed E-state index contributed by atoms with van der Waals surface area (Å²) in [6.45, 7) is 0.0997. The SMILES string of the molecule is O[C@H](c1ccccc1)[C@@H](NCc1ccccc1)[C@H](O)C(F)(F)F. The Kier molecular flexibility index (Phi) is 5.76. The highest BCUT2D eigenvalue weighted by molar-refractivity contribution is 5.20. The van der Waals surface area contributed by atoms with Crippen LogP contribution in [-0.4, -0.2) is 28.5 Å². The Labute approximate surface area is 132 Å². The quantitative estimate of drug-likeness (QED) is 0.765. The van der Waals surface area contributed by atoms with Crippen molar-refractivity contribution in [1.82, 2.24) is 5.32 Å². The molecule has 2 aromatic carbocycles. The van der Waals surface area contributed by atoms with Gasteiger partial charge in [0, 0.05) is 6.54 Å². The predicted octanol–water partition coefficient (Wildman–Crippen LogP) is 2.80. The van der Waals surface area contributed by atoms with Crippen molar-refractivity contribution in [3.05, 3.63) is 71.8 Å². The van der Waals surface area contributed by atoms with Crippen LogP contribution in [0.2, 0.25) is 0 Å². The number of hydrogen-bond acceptors (Lipinski definition) is 3. The van der Waals surface area contributed by atoms with E-state index in [-0.39, 0.29) is 6.54 Å². The smallest absolute Gasteiger partial charge is 0.387 e. The number of aliphatic hydroxyl groups excluding tert-OH is 2. The summed E-state index contributed by atoms with van der Waals surface area (Å²) >= 11 is 0. The topological polar surface area (TPSA) is 52.5 Å². The molecule has 0 aromatic heterocycles. The number of halogens is 3. The van der Waals surface area contributed by atoms with Crippen LogP contribution in [0.3, 0.4) is 0 Å². The van der Waals surface area contributed by atoms with Crippen LogP contribution in [0, 0.1) is 0 Å². The van der Waals surface area contributed by atoms with Crippen molar-refractivity contribution in [2.45, 2.75) is 31.0 Å². The lowest BCUT2D eigenvalue weighted by molar-refractivity contribution is -0.220. The number of nitrogens with one attached hydrogen (secondary N) is 1. The van der Waals surface area contributed by atoms with Crippen molar-refractivity contribution in [1.29, 1.82) is 0 Å². The molecule has 2 aromatic rings. The highest BCUT2D eigenvalue weighted by Crippen LogP contribution is 2.29. The summed E-state index contributed by atoms with van der Waals surface area (Å²) in [5, 5.41) is 22.5. The molecule has 0 amide bonds. The Bertz CT molecular complexity index is 590. The third kappa shape index (κ3) is 4.79. The molecule has 124 valence electrons. The molecule has 0 spiro atoms. The second-order valence-corrected chi connectivity index (χ2v) is 5.23. The maximum Gasteiger partial charge on any atom is 0.415 e. The molecule has 0 aliphatic rings. The van der Waals surface area contributed by atoms with Gasteiger partial charge < -0.3 is 15.5 Å². The molecule has 0 unspecified atom stereocenters. The molecule has 0 aliphatic heterocycles. The molecule has 0 radical (unpaired) electrons. The lowest BCUT2D eigenvalue weighted by Gasteiger charge is -2.30. The van der Waals surface area contributed by atoms with E-state index in [0.717, 1.165) is 5.56 Å². The number of hydrogen-bond donors (Lipinski definition) is 3. The summed E-state index contributed by atoms with van der Waals surface area (Å²) in [7, 11) is 0. The number of rotatable bonds is 6. The fourth-order valence-corrected chi connectivity index (χ4v) is 2.29. The Morgan fingerprint density at radius 1 is 0.870 bits per heavy atom. The maximum atomic E-state index is 12.9. The van der Waals surface area contributed by atoms with Crippen LogP contribution in [0.1, 0.15) is 17.2 Å². The van der Waals surface area contributed by atoms with E-state index in [0.29, 0.717) is 5.56 Å². The zero-order chi connectivity index (χ0) is 16.9. The molecular formula is C17H18F3NO2. The average molecular weight is 325 g/mol. The predicted molar refractivity (Wildman–Crippen MR) is 80.5 cm³/mol. The van der Waals surface area contributed by atoms with Crippen LogP contribution in [0.5, 0.6) is 0 Å². The van der Waals surface area contributed by atoms with Crippen molar-refractivity contribution < 1.29 is 23.4 Å².